The average Bonchev–Trinajstić information content (AvgIpc) is 3.89. The molecule has 2 saturated heterocycles. The van der Waals surface area contributed by atoms with Crippen LogP contribution in [0.15, 0.2) is 59.2 Å². The molecule has 10 amide bonds. The Kier molecular flexibility index (Phi) is 12.1. The van der Waals surface area contributed by atoms with E-state index in [1.54, 1.807) is 30.3 Å². The fourth-order valence-corrected chi connectivity index (χ4v) is 7.13. The maximum absolute atomic E-state index is 13.0. The summed E-state index contributed by atoms with van der Waals surface area (Å²) in [6.45, 7) is 2.25. The van der Waals surface area contributed by atoms with Crippen molar-refractivity contribution in [1.82, 2.24) is 31.1 Å². The molecule has 0 aliphatic carbocycles. The molecule has 2 aromatic carbocycles. The van der Waals surface area contributed by atoms with Crippen LogP contribution in [0.5, 0.6) is 0 Å². The Bertz CT molecular complexity index is 2180. The lowest BCUT2D eigenvalue weighted by atomic mass is 10.0. The summed E-state index contributed by atoms with van der Waals surface area (Å²) in [7, 11) is 0. The van der Waals surface area contributed by atoms with E-state index in [0.29, 0.717) is 17.5 Å². The summed E-state index contributed by atoms with van der Waals surface area (Å²) in [5.74, 6) is -4.90. The molecule has 2 fully saturated rings. The Morgan fingerprint density at radius 3 is 1.67 bits per heavy atom. The second kappa shape index (κ2) is 17.3. The molecule has 0 spiro atoms. The van der Waals surface area contributed by atoms with Gasteiger partial charge in [-0.05, 0) is 54.7 Å². The molecule has 0 bridgehead atoms. The van der Waals surface area contributed by atoms with Gasteiger partial charge in [0.2, 0.25) is 29.5 Å². The standard InChI is InChI=1S/C21H25N3O5.C19H15N3O6/c1-2-3-4-5-9-16(25)22-12-13-7-6-8-14-18(13)21(29)24(20(14)28)15-10-11-17(26)23-19(15)27;23-14-7-6-12(16(24)21-14)22-18(26)11-4-1-3-10(15(11)19(22)27)9-20-17(25)13-5-2-8-28-13/h6-8,15H,2-5,9-12H2,1H3,(H,22,25)(H,23,26,27);1-5,8,12H,6-7,9H2,(H,20,25)(H,21,23,24). The van der Waals surface area contributed by atoms with Gasteiger partial charge in [-0.2, -0.15) is 0 Å². The van der Waals surface area contributed by atoms with Gasteiger partial charge in [-0.3, -0.25) is 68.4 Å². The van der Waals surface area contributed by atoms with Crippen LogP contribution in [0, 0.1) is 0 Å². The van der Waals surface area contributed by atoms with Crippen LogP contribution in [0.3, 0.4) is 0 Å². The highest BCUT2D eigenvalue weighted by Gasteiger charge is 2.47. The van der Waals surface area contributed by atoms with E-state index in [1.807, 2.05) is 0 Å². The van der Waals surface area contributed by atoms with E-state index >= 15 is 0 Å². The smallest absolute Gasteiger partial charge is 0.287 e. The third kappa shape index (κ3) is 8.41. The van der Waals surface area contributed by atoms with Crippen LogP contribution >= 0.6 is 0 Å². The molecule has 296 valence electrons. The van der Waals surface area contributed by atoms with E-state index in [-0.39, 0.29) is 72.7 Å². The number of hydrogen-bond donors (Lipinski definition) is 4. The quantitative estimate of drug-likeness (QED) is 0.154. The SMILES string of the molecule is CCCCCCC(=O)NCc1cccc2c1C(=O)N(C1CCC(=O)NC1=O)C2=O.O=C1CCC(N2C(=O)c3cccc(CNC(=O)c4ccco4)c3C2=O)C(=O)N1. The zero-order valence-electron chi connectivity index (χ0n) is 31.0. The van der Waals surface area contributed by atoms with Crippen molar-refractivity contribution in [3.8, 4) is 0 Å². The van der Waals surface area contributed by atoms with Gasteiger partial charge in [0.1, 0.15) is 12.1 Å². The summed E-state index contributed by atoms with van der Waals surface area (Å²) in [4.78, 5) is 124. The van der Waals surface area contributed by atoms with Crippen LogP contribution in [-0.2, 0) is 37.1 Å². The Balaban J connectivity index is 0.000000193. The summed E-state index contributed by atoms with van der Waals surface area (Å²) in [6, 6.07) is 10.7. The minimum atomic E-state index is -1.03. The number of nitrogens with one attached hydrogen (secondary N) is 4. The van der Waals surface area contributed by atoms with Gasteiger partial charge >= 0.3 is 0 Å². The number of fused-ring (bicyclic) bond motifs is 2. The lowest BCUT2D eigenvalue weighted by Gasteiger charge is -2.27. The van der Waals surface area contributed by atoms with Gasteiger partial charge in [-0.1, -0.05) is 50.5 Å². The molecular weight excluding hydrogens is 740 g/mol. The summed E-state index contributed by atoms with van der Waals surface area (Å²) in [5.41, 5.74) is 1.74. The highest BCUT2D eigenvalue weighted by Crippen LogP contribution is 2.31. The van der Waals surface area contributed by atoms with E-state index in [9.17, 15) is 47.9 Å². The number of imide groups is 4. The second-order valence-electron chi connectivity index (χ2n) is 13.8. The summed E-state index contributed by atoms with van der Waals surface area (Å²) in [5, 5.41) is 9.77. The van der Waals surface area contributed by atoms with Crippen molar-refractivity contribution in [3.63, 3.8) is 0 Å². The Hall–Kier alpha value is -6.78. The molecule has 5 heterocycles. The lowest BCUT2D eigenvalue weighted by molar-refractivity contribution is -0.137. The zero-order valence-corrected chi connectivity index (χ0v) is 31.0. The lowest BCUT2D eigenvalue weighted by Crippen LogP contribution is -2.54. The van der Waals surface area contributed by atoms with Gasteiger partial charge in [0.05, 0.1) is 28.5 Å². The van der Waals surface area contributed by atoms with Crippen LogP contribution in [0.4, 0.5) is 0 Å². The fourth-order valence-electron chi connectivity index (χ4n) is 7.13. The normalized spacial score (nSPS) is 18.8. The molecule has 2 unspecified atom stereocenters. The van der Waals surface area contributed by atoms with Gasteiger partial charge in [0.15, 0.2) is 5.76 Å². The van der Waals surface area contributed by atoms with Crippen LogP contribution < -0.4 is 21.3 Å². The third-order valence-corrected chi connectivity index (χ3v) is 10.0. The Morgan fingerprint density at radius 1 is 0.667 bits per heavy atom. The van der Waals surface area contributed by atoms with E-state index in [2.05, 4.69) is 28.2 Å². The molecule has 0 radical (unpaired) electrons. The first kappa shape index (κ1) is 39.9. The summed E-state index contributed by atoms with van der Waals surface area (Å²) >= 11 is 0. The maximum atomic E-state index is 13.0. The van der Waals surface area contributed by atoms with Gasteiger partial charge in [-0.25, -0.2) is 0 Å². The first-order valence-corrected chi connectivity index (χ1v) is 18.7. The zero-order chi connectivity index (χ0) is 40.8. The number of carbonyl (C=O) groups is 10. The van der Waals surface area contributed by atoms with Crippen molar-refractivity contribution in [2.45, 2.75) is 89.9 Å². The van der Waals surface area contributed by atoms with E-state index in [1.165, 1.54) is 24.5 Å². The topological polar surface area (TPSA) is 238 Å². The van der Waals surface area contributed by atoms with Gasteiger partial charge in [0.25, 0.3) is 29.5 Å². The molecule has 2 atom stereocenters. The van der Waals surface area contributed by atoms with Crippen LogP contribution in [0.25, 0.3) is 0 Å². The minimum absolute atomic E-state index is 0.00488. The number of rotatable bonds is 12. The van der Waals surface area contributed by atoms with Crippen molar-refractivity contribution >= 4 is 59.1 Å². The summed E-state index contributed by atoms with van der Waals surface area (Å²) in [6.07, 6.45) is 6.11. The van der Waals surface area contributed by atoms with Crippen LogP contribution in [0.2, 0.25) is 0 Å². The highest BCUT2D eigenvalue weighted by atomic mass is 16.3. The van der Waals surface area contributed by atoms with Crippen LogP contribution in [-0.4, -0.2) is 81.0 Å². The first-order chi connectivity index (χ1) is 27.4. The van der Waals surface area contributed by atoms with Crippen molar-refractivity contribution in [2.24, 2.45) is 0 Å². The average molecular weight is 781 g/mol. The van der Waals surface area contributed by atoms with Crippen molar-refractivity contribution < 1.29 is 52.4 Å². The number of hydrogen-bond acceptors (Lipinski definition) is 11. The number of carbonyl (C=O) groups excluding carboxylic acids is 10. The monoisotopic (exact) mass is 780 g/mol. The number of nitrogens with zero attached hydrogens (tertiary/aromatic N) is 2. The molecule has 4 N–H and O–H groups in total. The Labute approximate surface area is 325 Å². The first-order valence-electron chi connectivity index (χ1n) is 18.7. The molecule has 0 saturated carbocycles. The number of unbranched alkanes of at least 4 members (excludes halogenated alkanes) is 3. The van der Waals surface area contributed by atoms with Crippen LogP contribution in [0.1, 0.15) is 128 Å². The van der Waals surface area contributed by atoms with Gasteiger partial charge in [-0.15, -0.1) is 0 Å². The molecule has 4 aliphatic rings. The molecule has 1 aromatic heterocycles. The maximum Gasteiger partial charge on any atom is 0.287 e. The van der Waals surface area contributed by atoms with Crippen molar-refractivity contribution in [1.29, 1.82) is 0 Å². The number of furan rings is 1. The summed E-state index contributed by atoms with van der Waals surface area (Å²) < 4.78 is 5.02. The largest absolute Gasteiger partial charge is 0.459 e. The number of benzene rings is 2. The van der Waals surface area contributed by atoms with Crippen molar-refractivity contribution in [3.05, 3.63) is 93.9 Å². The van der Waals surface area contributed by atoms with Gasteiger partial charge in [0, 0.05) is 32.4 Å². The van der Waals surface area contributed by atoms with E-state index < -0.39 is 65.2 Å². The van der Waals surface area contributed by atoms with E-state index in [4.69, 9.17) is 4.42 Å². The molecule has 17 nitrogen and oxygen atoms in total. The predicted octanol–water partition coefficient (Wildman–Crippen LogP) is 2.29. The van der Waals surface area contributed by atoms with E-state index in [0.717, 1.165) is 35.5 Å². The molecular formula is C40H40N6O11. The third-order valence-electron chi connectivity index (χ3n) is 10.0. The molecule has 7 rings (SSSR count). The highest BCUT2D eigenvalue weighted by molar-refractivity contribution is 6.25. The molecule has 3 aromatic rings. The van der Waals surface area contributed by atoms with Gasteiger partial charge < -0.3 is 15.1 Å². The molecule has 4 aliphatic heterocycles. The predicted molar refractivity (Wildman–Crippen MR) is 197 cm³/mol. The minimum Gasteiger partial charge on any atom is -0.459 e. The second-order valence-corrected chi connectivity index (χ2v) is 13.8. The number of piperidine rings is 2. The molecule has 17 heteroatoms. The molecule has 57 heavy (non-hydrogen) atoms. The number of amides is 10. The van der Waals surface area contributed by atoms with Crippen molar-refractivity contribution in [2.75, 3.05) is 0 Å². The Morgan fingerprint density at radius 2 is 1.19 bits per heavy atom. The fraction of sp³-hybridized carbons (Fsp3) is 0.350.